The van der Waals surface area contributed by atoms with E-state index in [1.165, 1.54) is 24.5 Å². The van der Waals surface area contributed by atoms with E-state index in [4.69, 9.17) is 5.11 Å². The summed E-state index contributed by atoms with van der Waals surface area (Å²) in [6.45, 7) is -0.154. The minimum Gasteiger partial charge on any atom is -0.392 e. The van der Waals surface area contributed by atoms with Crippen molar-refractivity contribution in [1.82, 2.24) is 4.98 Å². The maximum Gasteiger partial charge on any atom is 0.126 e. The molecule has 0 fully saturated rings. The van der Waals surface area contributed by atoms with Gasteiger partial charge in [0.05, 0.1) is 6.61 Å². The van der Waals surface area contributed by atoms with Gasteiger partial charge in [-0.2, -0.15) is 0 Å². The first kappa shape index (κ1) is 10.7. The summed E-state index contributed by atoms with van der Waals surface area (Å²) >= 11 is 0. The Bertz CT molecular complexity index is 494. The highest BCUT2D eigenvalue weighted by Gasteiger charge is 2.04. The van der Waals surface area contributed by atoms with Crippen molar-refractivity contribution in [1.29, 1.82) is 0 Å². The van der Waals surface area contributed by atoms with Crippen LogP contribution in [-0.2, 0) is 6.61 Å². The Morgan fingerprint density at radius 3 is 2.25 bits per heavy atom. The first-order chi connectivity index (χ1) is 7.69. The molecule has 1 aromatic carbocycles. The summed E-state index contributed by atoms with van der Waals surface area (Å²) in [5, 5.41) is 8.93. The van der Waals surface area contributed by atoms with Gasteiger partial charge in [0.25, 0.3) is 0 Å². The van der Waals surface area contributed by atoms with Crippen LogP contribution in [0.25, 0.3) is 11.1 Å². The molecule has 2 rings (SSSR count). The third-order valence-electron chi connectivity index (χ3n) is 2.17. The molecule has 0 amide bonds. The summed E-state index contributed by atoms with van der Waals surface area (Å²) < 4.78 is 26.0. The smallest absolute Gasteiger partial charge is 0.126 e. The Hall–Kier alpha value is -1.81. The lowest BCUT2D eigenvalue weighted by molar-refractivity contribution is 0.281. The Labute approximate surface area is 91.2 Å². The molecule has 0 saturated carbocycles. The highest BCUT2D eigenvalue weighted by molar-refractivity contribution is 5.63. The number of pyridine rings is 1. The van der Waals surface area contributed by atoms with E-state index in [9.17, 15) is 8.78 Å². The molecule has 1 aromatic heterocycles. The first-order valence-electron chi connectivity index (χ1n) is 4.70. The topological polar surface area (TPSA) is 33.1 Å². The number of rotatable bonds is 2. The Morgan fingerprint density at radius 2 is 1.62 bits per heavy atom. The van der Waals surface area contributed by atoms with Gasteiger partial charge in [0.15, 0.2) is 0 Å². The fourth-order valence-electron chi connectivity index (χ4n) is 1.45. The number of hydrogen-bond donors (Lipinski definition) is 1. The molecule has 2 nitrogen and oxygen atoms in total. The number of benzene rings is 1. The summed E-state index contributed by atoms with van der Waals surface area (Å²) in [6.07, 6.45) is 2.99. The minimum atomic E-state index is -0.635. The molecule has 0 aliphatic rings. The van der Waals surface area contributed by atoms with E-state index in [0.29, 0.717) is 16.7 Å². The fourth-order valence-corrected chi connectivity index (χ4v) is 1.45. The molecule has 0 unspecified atom stereocenters. The summed E-state index contributed by atoms with van der Waals surface area (Å²) in [5.74, 6) is -1.27. The molecule has 4 heteroatoms. The van der Waals surface area contributed by atoms with E-state index < -0.39 is 11.6 Å². The molecule has 0 bridgehead atoms. The van der Waals surface area contributed by atoms with Crippen LogP contribution in [0, 0.1) is 11.6 Å². The maximum atomic E-state index is 13.0. The molecule has 0 radical (unpaired) electrons. The van der Waals surface area contributed by atoms with Gasteiger partial charge in [0, 0.05) is 24.0 Å². The third-order valence-corrected chi connectivity index (χ3v) is 2.17. The Balaban J connectivity index is 2.49. The molecule has 2 aromatic rings. The van der Waals surface area contributed by atoms with Crippen molar-refractivity contribution in [3.63, 3.8) is 0 Å². The highest BCUT2D eigenvalue weighted by Crippen LogP contribution is 2.21. The number of aliphatic hydroxyl groups excluding tert-OH is 1. The fraction of sp³-hybridized carbons (Fsp3) is 0.0833. The van der Waals surface area contributed by atoms with Crippen LogP contribution >= 0.6 is 0 Å². The van der Waals surface area contributed by atoms with Gasteiger partial charge in [0.1, 0.15) is 11.6 Å². The largest absolute Gasteiger partial charge is 0.392 e. The number of halogens is 2. The number of aromatic nitrogens is 1. The van der Waals surface area contributed by atoms with Crippen LogP contribution in [0.1, 0.15) is 5.56 Å². The first-order valence-corrected chi connectivity index (χ1v) is 4.70. The molecule has 0 aliphatic carbocycles. The van der Waals surface area contributed by atoms with Crippen molar-refractivity contribution in [3.8, 4) is 11.1 Å². The van der Waals surface area contributed by atoms with Crippen molar-refractivity contribution in [2.24, 2.45) is 0 Å². The second-order valence-corrected chi connectivity index (χ2v) is 3.40. The van der Waals surface area contributed by atoms with Crippen LogP contribution in [0.15, 0.2) is 36.7 Å². The summed E-state index contributed by atoms with van der Waals surface area (Å²) in [5.41, 5.74) is 1.58. The average molecular weight is 221 g/mol. The van der Waals surface area contributed by atoms with Gasteiger partial charge in [-0.1, -0.05) is 0 Å². The highest BCUT2D eigenvalue weighted by atomic mass is 19.1. The van der Waals surface area contributed by atoms with Crippen molar-refractivity contribution in [2.75, 3.05) is 0 Å². The van der Waals surface area contributed by atoms with Crippen LogP contribution in [0.4, 0.5) is 8.78 Å². The van der Waals surface area contributed by atoms with E-state index in [-0.39, 0.29) is 6.61 Å². The van der Waals surface area contributed by atoms with Gasteiger partial charge in [0.2, 0.25) is 0 Å². The number of hydrogen-bond acceptors (Lipinski definition) is 2. The molecule has 0 spiro atoms. The van der Waals surface area contributed by atoms with Gasteiger partial charge in [-0.25, -0.2) is 8.78 Å². The zero-order valence-corrected chi connectivity index (χ0v) is 8.32. The predicted molar refractivity (Wildman–Crippen MR) is 55.5 cm³/mol. The lowest BCUT2D eigenvalue weighted by Crippen LogP contribution is -1.89. The molecule has 82 valence electrons. The van der Waals surface area contributed by atoms with Gasteiger partial charge < -0.3 is 5.11 Å². The molecule has 0 atom stereocenters. The van der Waals surface area contributed by atoms with Gasteiger partial charge in [-0.3, -0.25) is 4.98 Å². The lowest BCUT2D eigenvalue weighted by Gasteiger charge is -2.03. The van der Waals surface area contributed by atoms with E-state index in [1.807, 2.05) is 0 Å². The van der Waals surface area contributed by atoms with Gasteiger partial charge in [-0.05, 0) is 29.3 Å². The molecule has 0 aliphatic heterocycles. The van der Waals surface area contributed by atoms with Crippen LogP contribution in [0.2, 0.25) is 0 Å². The quantitative estimate of drug-likeness (QED) is 0.845. The second kappa shape index (κ2) is 4.37. The summed E-state index contributed by atoms with van der Waals surface area (Å²) in [6, 6.07) is 4.90. The van der Waals surface area contributed by atoms with Crippen LogP contribution in [-0.4, -0.2) is 10.1 Å². The number of aliphatic hydroxyl groups is 1. The Kier molecular flexibility index (Phi) is 2.92. The molecule has 16 heavy (non-hydrogen) atoms. The van der Waals surface area contributed by atoms with Crippen molar-refractivity contribution in [3.05, 3.63) is 53.9 Å². The normalized spacial score (nSPS) is 10.4. The van der Waals surface area contributed by atoms with E-state index in [2.05, 4.69) is 4.98 Å². The average Bonchev–Trinajstić information content (AvgIpc) is 2.28. The Morgan fingerprint density at radius 1 is 0.938 bits per heavy atom. The van der Waals surface area contributed by atoms with Gasteiger partial charge >= 0.3 is 0 Å². The van der Waals surface area contributed by atoms with E-state index >= 15 is 0 Å². The van der Waals surface area contributed by atoms with Crippen molar-refractivity contribution in [2.45, 2.75) is 6.61 Å². The summed E-state index contributed by atoms with van der Waals surface area (Å²) in [7, 11) is 0. The third kappa shape index (κ3) is 2.23. The van der Waals surface area contributed by atoms with Crippen LogP contribution < -0.4 is 0 Å². The zero-order valence-electron chi connectivity index (χ0n) is 8.32. The SMILES string of the molecule is OCc1cncc(-c2cc(F)cc(F)c2)c1. The van der Waals surface area contributed by atoms with E-state index in [1.54, 1.807) is 6.07 Å². The summed E-state index contributed by atoms with van der Waals surface area (Å²) in [4.78, 5) is 3.89. The lowest BCUT2D eigenvalue weighted by atomic mass is 10.1. The minimum absolute atomic E-state index is 0.154. The maximum absolute atomic E-state index is 13.0. The molecular weight excluding hydrogens is 212 g/mol. The second-order valence-electron chi connectivity index (χ2n) is 3.40. The number of nitrogens with zero attached hydrogens (tertiary/aromatic N) is 1. The molecule has 1 heterocycles. The molecular formula is C12H9F2NO. The van der Waals surface area contributed by atoms with Crippen molar-refractivity contribution < 1.29 is 13.9 Å². The van der Waals surface area contributed by atoms with E-state index in [0.717, 1.165) is 6.07 Å². The van der Waals surface area contributed by atoms with Crippen molar-refractivity contribution >= 4 is 0 Å². The van der Waals surface area contributed by atoms with Crippen LogP contribution in [0.5, 0.6) is 0 Å². The monoisotopic (exact) mass is 221 g/mol. The van der Waals surface area contributed by atoms with Crippen LogP contribution in [0.3, 0.4) is 0 Å². The standard InChI is InChI=1S/C12H9F2NO/c13-11-2-9(3-12(14)4-11)10-1-8(7-16)5-15-6-10/h1-6,16H,7H2. The molecule has 0 saturated heterocycles. The zero-order chi connectivity index (χ0) is 11.5. The predicted octanol–water partition coefficient (Wildman–Crippen LogP) is 2.52. The van der Waals surface area contributed by atoms with Gasteiger partial charge in [-0.15, -0.1) is 0 Å². The molecule has 1 N–H and O–H groups in total.